The van der Waals surface area contributed by atoms with Gasteiger partial charge in [0.25, 0.3) is 0 Å². The molecule has 0 saturated heterocycles. The van der Waals surface area contributed by atoms with Crippen LogP contribution in [0.25, 0.3) is 11.0 Å². The van der Waals surface area contributed by atoms with Gasteiger partial charge in [-0.3, -0.25) is 4.79 Å². The number of ether oxygens (including phenoxy) is 1. The first-order chi connectivity index (χ1) is 12.1. The monoisotopic (exact) mass is 338 g/mol. The summed E-state index contributed by atoms with van der Waals surface area (Å²) in [5.74, 6) is -0.652. The number of hydrogen-bond donors (Lipinski definition) is 0. The number of aromatic nitrogens is 1. The van der Waals surface area contributed by atoms with E-state index in [1.807, 2.05) is 18.2 Å². The lowest BCUT2D eigenvalue weighted by Gasteiger charge is -2.19. The van der Waals surface area contributed by atoms with Gasteiger partial charge in [-0.05, 0) is 31.2 Å². The first-order valence-electron chi connectivity index (χ1n) is 7.97. The minimum atomic E-state index is -0.454. The van der Waals surface area contributed by atoms with Gasteiger partial charge in [-0.15, -0.1) is 0 Å². The summed E-state index contributed by atoms with van der Waals surface area (Å²) in [6.45, 7) is 2.01. The summed E-state index contributed by atoms with van der Waals surface area (Å²) in [7, 11) is 1.63. The quantitative estimate of drug-likeness (QED) is 0.668. The molecule has 0 bridgehead atoms. The Bertz CT molecular complexity index is 916. The lowest BCUT2D eigenvalue weighted by molar-refractivity contribution is -0.117. The van der Waals surface area contributed by atoms with E-state index in [0.29, 0.717) is 22.5 Å². The summed E-state index contributed by atoms with van der Waals surface area (Å²) in [5.41, 5.74) is 2.06. The fraction of sp³-hybridized carbons (Fsp3) is 0.211. The van der Waals surface area contributed by atoms with E-state index in [9.17, 15) is 9.59 Å². The van der Waals surface area contributed by atoms with E-state index in [1.54, 1.807) is 44.3 Å². The highest BCUT2D eigenvalue weighted by molar-refractivity contribution is 6.03. The summed E-state index contributed by atoms with van der Waals surface area (Å²) in [4.78, 5) is 26.2. The van der Waals surface area contributed by atoms with Gasteiger partial charge in [-0.2, -0.15) is 0 Å². The number of para-hydroxylation sites is 2. The van der Waals surface area contributed by atoms with Gasteiger partial charge in [0.05, 0.1) is 24.3 Å². The minimum absolute atomic E-state index is 0.0741. The van der Waals surface area contributed by atoms with E-state index in [0.717, 1.165) is 5.39 Å². The number of esters is 1. The Balaban J connectivity index is 1.85. The van der Waals surface area contributed by atoms with E-state index in [4.69, 9.17) is 9.26 Å². The van der Waals surface area contributed by atoms with E-state index in [2.05, 4.69) is 5.16 Å². The van der Waals surface area contributed by atoms with Crippen LogP contribution in [-0.2, 0) is 16.0 Å². The third-order valence-corrected chi connectivity index (χ3v) is 3.91. The van der Waals surface area contributed by atoms with Crippen molar-refractivity contribution in [1.29, 1.82) is 0 Å². The molecule has 6 nitrogen and oxygen atoms in total. The van der Waals surface area contributed by atoms with Crippen molar-refractivity contribution in [1.82, 2.24) is 5.16 Å². The smallest absolute Gasteiger partial charge is 0.340 e. The van der Waals surface area contributed by atoms with Crippen LogP contribution in [0.5, 0.6) is 0 Å². The summed E-state index contributed by atoms with van der Waals surface area (Å²) >= 11 is 0. The second kappa shape index (κ2) is 7.17. The maximum atomic E-state index is 12.7. The van der Waals surface area contributed by atoms with Gasteiger partial charge in [0.2, 0.25) is 5.91 Å². The standard InChI is InChI=1S/C19H18N2O4/c1-3-24-19(23)14-9-4-6-10-16(14)21(2)18(22)12-15-13-8-5-7-11-17(13)25-20-15/h4-11H,3,12H2,1-2H3. The third-order valence-electron chi connectivity index (χ3n) is 3.91. The van der Waals surface area contributed by atoms with Crippen molar-refractivity contribution in [3.05, 3.63) is 59.8 Å². The SMILES string of the molecule is CCOC(=O)c1ccccc1N(C)C(=O)Cc1noc2ccccc12. The zero-order valence-electron chi connectivity index (χ0n) is 14.1. The molecule has 0 aliphatic carbocycles. The lowest BCUT2D eigenvalue weighted by Crippen LogP contribution is -2.29. The van der Waals surface area contributed by atoms with Crippen molar-refractivity contribution < 1.29 is 18.8 Å². The van der Waals surface area contributed by atoms with Crippen LogP contribution in [0.15, 0.2) is 53.1 Å². The number of carbonyl (C=O) groups is 2. The van der Waals surface area contributed by atoms with Gasteiger partial charge in [0, 0.05) is 12.4 Å². The Labute approximate surface area is 145 Å². The number of anilines is 1. The molecule has 0 N–H and O–H groups in total. The highest BCUT2D eigenvalue weighted by Crippen LogP contribution is 2.23. The average Bonchev–Trinajstić information content (AvgIpc) is 3.04. The molecule has 6 heteroatoms. The van der Waals surface area contributed by atoms with Gasteiger partial charge in [0.1, 0.15) is 5.69 Å². The molecule has 0 radical (unpaired) electrons. The maximum Gasteiger partial charge on any atom is 0.340 e. The van der Waals surface area contributed by atoms with Gasteiger partial charge in [-0.1, -0.05) is 29.4 Å². The van der Waals surface area contributed by atoms with E-state index in [1.165, 1.54) is 4.90 Å². The zero-order chi connectivity index (χ0) is 17.8. The zero-order valence-corrected chi connectivity index (χ0v) is 14.1. The van der Waals surface area contributed by atoms with Gasteiger partial charge >= 0.3 is 5.97 Å². The molecule has 3 rings (SSSR count). The molecule has 3 aromatic rings. The Morgan fingerprint density at radius 2 is 1.84 bits per heavy atom. The first kappa shape index (κ1) is 16.7. The molecule has 0 aliphatic heterocycles. The Morgan fingerprint density at radius 1 is 1.12 bits per heavy atom. The van der Waals surface area contributed by atoms with E-state index < -0.39 is 5.97 Å². The topological polar surface area (TPSA) is 72.6 Å². The fourth-order valence-corrected chi connectivity index (χ4v) is 2.61. The molecule has 0 spiro atoms. The molecule has 128 valence electrons. The van der Waals surface area contributed by atoms with Crippen molar-refractivity contribution in [2.45, 2.75) is 13.3 Å². The van der Waals surface area contributed by atoms with Crippen molar-refractivity contribution in [3.63, 3.8) is 0 Å². The van der Waals surface area contributed by atoms with Gasteiger partial charge in [0.15, 0.2) is 5.58 Å². The predicted octanol–water partition coefficient (Wildman–Crippen LogP) is 3.21. The van der Waals surface area contributed by atoms with Crippen LogP contribution in [0, 0.1) is 0 Å². The number of carbonyl (C=O) groups excluding carboxylic acids is 2. The van der Waals surface area contributed by atoms with Crippen LogP contribution < -0.4 is 4.90 Å². The van der Waals surface area contributed by atoms with E-state index >= 15 is 0 Å². The Morgan fingerprint density at radius 3 is 2.64 bits per heavy atom. The summed E-state index contributed by atoms with van der Waals surface area (Å²) in [6.07, 6.45) is 0.0741. The summed E-state index contributed by atoms with van der Waals surface area (Å²) in [6, 6.07) is 14.2. The third kappa shape index (κ3) is 3.38. The molecule has 1 amide bonds. The second-order valence-corrected chi connectivity index (χ2v) is 5.49. The van der Waals surface area contributed by atoms with Crippen molar-refractivity contribution in [2.24, 2.45) is 0 Å². The molecule has 0 unspecified atom stereocenters. The highest BCUT2D eigenvalue weighted by Gasteiger charge is 2.21. The molecule has 2 aromatic carbocycles. The van der Waals surface area contributed by atoms with Gasteiger partial charge in [-0.25, -0.2) is 4.79 Å². The van der Waals surface area contributed by atoms with Crippen LogP contribution in [-0.4, -0.2) is 30.7 Å². The van der Waals surface area contributed by atoms with Crippen molar-refractivity contribution in [2.75, 3.05) is 18.6 Å². The van der Waals surface area contributed by atoms with Crippen LogP contribution in [0.4, 0.5) is 5.69 Å². The normalized spacial score (nSPS) is 10.6. The average molecular weight is 338 g/mol. The van der Waals surface area contributed by atoms with Crippen LogP contribution in [0.3, 0.4) is 0 Å². The first-order valence-corrected chi connectivity index (χ1v) is 7.97. The molecule has 0 atom stereocenters. The number of benzene rings is 2. The van der Waals surface area contributed by atoms with Gasteiger partial charge < -0.3 is 14.2 Å². The highest BCUT2D eigenvalue weighted by atomic mass is 16.5. The Kier molecular flexibility index (Phi) is 4.79. The molecule has 25 heavy (non-hydrogen) atoms. The molecule has 1 heterocycles. The summed E-state index contributed by atoms with van der Waals surface area (Å²) < 4.78 is 10.3. The number of likely N-dealkylation sites (N-methyl/N-ethyl adjacent to an activating group) is 1. The van der Waals surface area contributed by atoms with Crippen molar-refractivity contribution >= 4 is 28.5 Å². The number of amides is 1. The predicted molar refractivity (Wildman–Crippen MR) is 93.5 cm³/mol. The van der Waals surface area contributed by atoms with E-state index in [-0.39, 0.29) is 18.9 Å². The molecular weight excluding hydrogens is 320 g/mol. The van der Waals surface area contributed by atoms with Crippen molar-refractivity contribution in [3.8, 4) is 0 Å². The summed E-state index contributed by atoms with van der Waals surface area (Å²) in [5, 5.41) is 4.79. The second-order valence-electron chi connectivity index (χ2n) is 5.49. The number of rotatable bonds is 5. The van der Waals surface area contributed by atoms with Crippen LogP contribution in [0.1, 0.15) is 23.0 Å². The fourth-order valence-electron chi connectivity index (χ4n) is 2.61. The van der Waals surface area contributed by atoms with Crippen LogP contribution in [0.2, 0.25) is 0 Å². The molecule has 1 aromatic heterocycles. The Hall–Kier alpha value is -3.15. The number of nitrogens with zero attached hydrogens (tertiary/aromatic N) is 2. The number of hydrogen-bond acceptors (Lipinski definition) is 5. The minimum Gasteiger partial charge on any atom is -0.462 e. The molecular formula is C19H18N2O4. The lowest BCUT2D eigenvalue weighted by atomic mass is 10.1. The van der Waals surface area contributed by atoms with Crippen LogP contribution >= 0.6 is 0 Å². The molecule has 0 fully saturated rings. The maximum absolute atomic E-state index is 12.7. The molecule has 0 aliphatic rings. The number of fused-ring (bicyclic) bond motifs is 1. The molecule has 0 saturated carbocycles. The largest absolute Gasteiger partial charge is 0.462 e.